The van der Waals surface area contributed by atoms with Gasteiger partial charge in [-0.05, 0) is 12.1 Å². The fraction of sp³-hybridized carbons (Fsp3) is 0.300. The van der Waals surface area contributed by atoms with Gasteiger partial charge in [-0.1, -0.05) is 15.9 Å². The zero-order valence-corrected chi connectivity index (χ0v) is 10.0. The number of H-pyrrole nitrogens is 1. The number of hydrogen-bond donors (Lipinski definition) is 4. The van der Waals surface area contributed by atoms with Crippen molar-refractivity contribution in [3.05, 3.63) is 22.8 Å². The monoisotopic (exact) mass is 285 g/mol. The summed E-state index contributed by atoms with van der Waals surface area (Å²) >= 11 is 3.43. The molecular formula is C10H12BrN3O2. The average molecular weight is 286 g/mol. The van der Waals surface area contributed by atoms with Crippen LogP contribution in [0.2, 0.25) is 0 Å². The molecule has 0 aliphatic heterocycles. The second-order valence-corrected chi connectivity index (χ2v) is 4.33. The van der Waals surface area contributed by atoms with Crippen molar-refractivity contribution in [1.29, 1.82) is 0 Å². The number of anilines is 1. The van der Waals surface area contributed by atoms with Gasteiger partial charge >= 0.3 is 0 Å². The normalized spacial score (nSPS) is 12.9. The van der Waals surface area contributed by atoms with E-state index >= 15 is 0 Å². The Labute approximate surface area is 101 Å². The van der Waals surface area contributed by atoms with Crippen LogP contribution in [0.4, 0.5) is 5.69 Å². The van der Waals surface area contributed by atoms with Gasteiger partial charge in [0.2, 0.25) is 0 Å². The fourth-order valence-corrected chi connectivity index (χ4v) is 1.87. The highest BCUT2D eigenvalue weighted by atomic mass is 79.9. The first kappa shape index (κ1) is 11.4. The summed E-state index contributed by atoms with van der Waals surface area (Å²) in [5.74, 6) is 0. The van der Waals surface area contributed by atoms with E-state index in [-0.39, 0.29) is 6.61 Å². The molecule has 0 amide bonds. The second-order valence-electron chi connectivity index (χ2n) is 3.47. The highest BCUT2D eigenvalue weighted by Crippen LogP contribution is 2.28. The van der Waals surface area contributed by atoms with Gasteiger partial charge in [0.15, 0.2) is 0 Å². The lowest BCUT2D eigenvalue weighted by Crippen LogP contribution is -2.23. The van der Waals surface area contributed by atoms with Crippen molar-refractivity contribution in [2.24, 2.45) is 0 Å². The molecule has 0 saturated carbocycles. The van der Waals surface area contributed by atoms with Crippen molar-refractivity contribution in [2.45, 2.75) is 6.10 Å². The van der Waals surface area contributed by atoms with E-state index in [1.165, 1.54) is 0 Å². The lowest BCUT2D eigenvalue weighted by atomic mass is 10.2. The standard InChI is InChI=1S/C10H12BrN3O2/c11-8-1-2-9(12-3-6(16)5-15)10-7(8)4-13-14-10/h1-2,4,6,12,15-16H,3,5H2,(H,13,14). The third kappa shape index (κ3) is 2.18. The topological polar surface area (TPSA) is 81.2 Å². The van der Waals surface area contributed by atoms with Crippen LogP contribution >= 0.6 is 15.9 Å². The molecule has 0 fully saturated rings. The number of aliphatic hydroxyl groups is 2. The number of benzene rings is 1. The predicted octanol–water partition coefficient (Wildman–Crippen LogP) is 1.09. The van der Waals surface area contributed by atoms with Crippen molar-refractivity contribution in [3.63, 3.8) is 0 Å². The minimum atomic E-state index is -0.762. The minimum absolute atomic E-state index is 0.254. The Hall–Kier alpha value is -1.11. The fourth-order valence-electron chi connectivity index (χ4n) is 1.44. The Balaban J connectivity index is 2.24. The first-order valence-electron chi connectivity index (χ1n) is 4.86. The molecule has 16 heavy (non-hydrogen) atoms. The summed E-state index contributed by atoms with van der Waals surface area (Å²) in [7, 11) is 0. The summed E-state index contributed by atoms with van der Waals surface area (Å²) in [6.07, 6.45) is 0.967. The molecule has 6 heteroatoms. The van der Waals surface area contributed by atoms with Gasteiger partial charge in [0.1, 0.15) is 0 Å². The van der Waals surface area contributed by atoms with E-state index in [9.17, 15) is 5.11 Å². The number of fused-ring (bicyclic) bond motifs is 1. The molecule has 0 saturated heterocycles. The van der Waals surface area contributed by atoms with Crippen molar-refractivity contribution in [2.75, 3.05) is 18.5 Å². The van der Waals surface area contributed by atoms with Gasteiger partial charge < -0.3 is 15.5 Å². The maximum atomic E-state index is 9.25. The summed E-state index contributed by atoms with van der Waals surface area (Å²) in [5.41, 5.74) is 1.72. The molecule has 2 aromatic rings. The predicted molar refractivity (Wildman–Crippen MR) is 65.4 cm³/mol. The highest BCUT2D eigenvalue weighted by Gasteiger charge is 2.07. The first-order valence-corrected chi connectivity index (χ1v) is 5.66. The molecule has 1 aromatic carbocycles. The van der Waals surface area contributed by atoms with Crippen LogP contribution in [0, 0.1) is 0 Å². The lowest BCUT2D eigenvalue weighted by molar-refractivity contribution is 0.105. The SMILES string of the molecule is OCC(O)CNc1ccc(Br)c2cn[nH]c12. The van der Waals surface area contributed by atoms with Crippen LogP contribution in [0.3, 0.4) is 0 Å². The third-order valence-corrected chi connectivity index (χ3v) is 2.99. The Morgan fingerprint density at radius 1 is 1.50 bits per heavy atom. The number of hydrogen-bond acceptors (Lipinski definition) is 4. The summed E-state index contributed by atoms with van der Waals surface area (Å²) in [6, 6.07) is 3.79. The molecular weight excluding hydrogens is 274 g/mol. The Bertz CT molecular complexity index is 486. The number of halogens is 1. The summed E-state index contributed by atoms with van der Waals surface area (Å²) in [6.45, 7) is 0.0436. The molecule has 0 spiro atoms. The van der Waals surface area contributed by atoms with Gasteiger partial charge in [0.05, 0.1) is 30.1 Å². The molecule has 0 aliphatic carbocycles. The maximum absolute atomic E-state index is 9.25. The van der Waals surface area contributed by atoms with Crippen LogP contribution in [-0.4, -0.2) is 39.7 Å². The van der Waals surface area contributed by atoms with Crippen molar-refractivity contribution >= 4 is 32.5 Å². The van der Waals surface area contributed by atoms with Gasteiger partial charge in [-0.15, -0.1) is 0 Å². The first-order chi connectivity index (χ1) is 7.72. The number of nitrogens with zero attached hydrogens (tertiary/aromatic N) is 1. The Morgan fingerprint density at radius 3 is 3.06 bits per heavy atom. The van der Waals surface area contributed by atoms with Gasteiger partial charge in [0, 0.05) is 16.4 Å². The van der Waals surface area contributed by atoms with Crippen LogP contribution < -0.4 is 5.32 Å². The van der Waals surface area contributed by atoms with Gasteiger partial charge in [-0.3, -0.25) is 5.10 Å². The molecule has 1 atom stereocenters. The smallest absolute Gasteiger partial charge is 0.0942 e. The lowest BCUT2D eigenvalue weighted by Gasteiger charge is -2.11. The maximum Gasteiger partial charge on any atom is 0.0942 e. The molecule has 0 radical (unpaired) electrons. The molecule has 5 nitrogen and oxygen atoms in total. The number of rotatable bonds is 4. The summed E-state index contributed by atoms with van der Waals surface area (Å²) in [5, 5.41) is 28.8. The third-order valence-electron chi connectivity index (χ3n) is 2.30. The molecule has 0 bridgehead atoms. The molecule has 1 unspecified atom stereocenters. The number of aliphatic hydroxyl groups excluding tert-OH is 2. The molecule has 0 aliphatic rings. The summed E-state index contributed by atoms with van der Waals surface area (Å²) in [4.78, 5) is 0. The number of aromatic nitrogens is 2. The van der Waals surface area contributed by atoms with Crippen LogP contribution in [0.5, 0.6) is 0 Å². The zero-order valence-electron chi connectivity index (χ0n) is 8.44. The Morgan fingerprint density at radius 2 is 2.31 bits per heavy atom. The van der Waals surface area contributed by atoms with E-state index in [2.05, 4.69) is 31.4 Å². The van der Waals surface area contributed by atoms with Gasteiger partial charge in [-0.25, -0.2) is 0 Å². The highest BCUT2D eigenvalue weighted by molar-refractivity contribution is 9.10. The molecule has 2 rings (SSSR count). The van der Waals surface area contributed by atoms with Crippen LogP contribution in [0.1, 0.15) is 0 Å². The van der Waals surface area contributed by atoms with Crippen LogP contribution in [0.15, 0.2) is 22.8 Å². The van der Waals surface area contributed by atoms with E-state index in [0.29, 0.717) is 6.54 Å². The molecule has 1 heterocycles. The van der Waals surface area contributed by atoms with E-state index in [4.69, 9.17) is 5.11 Å². The van der Waals surface area contributed by atoms with Gasteiger partial charge in [0.25, 0.3) is 0 Å². The number of aromatic amines is 1. The molecule has 86 valence electrons. The van der Waals surface area contributed by atoms with Crippen molar-refractivity contribution < 1.29 is 10.2 Å². The van der Waals surface area contributed by atoms with Crippen molar-refractivity contribution in [3.8, 4) is 0 Å². The van der Waals surface area contributed by atoms with Gasteiger partial charge in [-0.2, -0.15) is 5.10 Å². The largest absolute Gasteiger partial charge is 0.394 e. The van der Waals surface area contributed by atoms with Crippen LogP contribution in [0.25, 0.3) is 10.9 Å². The summed E-state index contributed by atoms with van der Waals surface area (Å²) < 4.78 is 0.963. The molecule has 4 N–H and O–H groups in total. The van der Waals surface area contributed by atoms with Crippen molar-refractivity contribution in [1.82, 2.24) is 10.2 Å². The van der Waals surface area contributed by atoms with E-state index < -0.39 is 6.10 Å². The van der Waals surface area contributed by atoms with E-state index in [0.717, 1.165) is 21.1 Å². The quantitative estimate of drug-likeness (QED) is 0.678. The van der Waals surface area contributed by atoms with E-state index in [1.54, 1.807) is 6.20 Å². The van der Waals surface area contributed by atoms with Crippen LogP contribution in [-0.2, 0) is 0 Å². The minimum Gasteiger partial charge on any atom is -0.394 e. The van der Waals surface area contributed by atoms with E-state index in [1.807, 2.05) is 12.1 Å². The second kappa shape index (κ2) is 4.82. The Kier molecular flexibility index (Phi) is 3.42. The molecule has 1 aromatic heterocycles. The number of nitrogens with one attached hydrogen (secondary N) is 2. The zero-order chi connectivity index (χ0) is 11.5. The average Bonchev–Trinajstić information content (AvgIpc) is 2.77.